The Bertz CT molecular complexity index is 598. The molecule has 2 aromatic rings. The molecule has 0 spiro atoms. The van der Waals surface area contributed by atoms with E-state index in [0.717, 1.165) is 0 Å². The summed E-state index contributed by atoms with van der Waals surface area (Å²) >= 11 is 3.23. The molecule has 0 saturated heterocycles. The first kappa shape index (κ1) is 13.3. The Labute approximate surface area is 128 Å². The summed E-state index contributed by atoms with van der Waals surface area (Å²) in [5, 5.41) is 0. The molecule has 1 unspecified atom stereocenters. The third-order valence-electron chi connectivity index (χ3n) is 3.70. The van der Waals surface area contributed by atoms with Gasteiger partial charge in [0.2, 0.25) is 0 Å². The minimum atomic E-state index is 0.356. The van der Waals surface area contributed by atoms with Crippen molar-refractivity contribution in [1.82, 2.24) is 0 Å². The van der Waals surface area contributed by atoms with E-state index in [-0.39, 0.29) is 0 Å². The van der Waals surface area contributed by atoms with Crippen molar-refractivity contribution in [3.8, 4) is 0 Å². The second-order valence-electron chi connectivity index (χ2n) is 4.97. The van der Waals surface area contributed by atoms with Gasteiger partial charge >= 0.3 is 128 Å². The molecule has 0 heterocycles. The van der Waals surface area contributed by atoms with Gasteiger partial charge in [0.05, 0.1) is 0 Å². The normalized spacial score (nSPS) is 17.6. The quantitative estimate of drug-likeness (QED) is 0.752. The second kappa shape index (κ2) is 6.17. The molecular weight excluding hydrogens is 307 g/mol. The summed E-state index contributed by atoms with van der Waals surface area (Å²) in [4.78, 5) is 0. The van der Waals surface area contributed by atoms with Crippen molar-refractivity contribution in [2.75, 3.05) is 0 Å². The molecule has 0 aliphatic heterocycles. The second-order valence-corrected chi connectivity index (χ2v) is 5.96. The van der Waals surface area contributed by atoms with Crippen LogP contribution in [-0.2, 0) is 0 Å². The van der Waals surface area contributed by atoms with E-state index in [1.165, 1.54) is 15.5 Å². The molecule has 0 amide bonds. The summed E-state index contributed by atoms with van der Waals surface area (Å²) in [6.45, 7) is 0. The van der Waals surface area contributed by atoms with Gasteiger partial charge in [-0.2, -0.15) is 0 Å². The van der Waals surface area contributed by atoms with Crippen LogP contribution in [0.4, 0.5) is 0 Å². The van der Waals surface area contributed by atoms with Gasteiger partial charge < -0.3 is 0 Å². The van der Waals surface area contributed by atoms with Gasteiger partial charge in [-0.25, -0.2) is 0 Å². The molecule has 1 heteroatoms. The van der Waals surface area contributed by atoms with Crippen LogP contribution in [0.1, 0.15) is 17.0 Å². The van der Waals surface area contributed by atoms with Crippen LogP contribution < -0.4 is 0 Å². The molecule has 0 bridgehead atoms. The molecule has 0 saturated carbocycles. The van der Waals surface area contributed by atoms with Gasteiger partial charge in [-0.05, 0) is 0 Å². The van der Waals surface area contributed by atoms with E-state index >= 15 is 0 Å². The van der Waals surface area contributed by atoms with E-state index in [9.17, 15) is 0 Å². The van der Waals surface area contributed by atoms with Crippen LogP contribution in [0.25, 0.3) is 0 Å². The number of rotatable bonds is 3. The fraction of sp³-hybridized carbons (Fsp3) is 0.105. The minimum absolute atomic E-state index is 0.356. The van der Waals surface area contributed by atoms with Crippen LogP contribution in [-0.4, -0.2) is 20.0 Å². The van der Waals surface area contributed by atoms with Gasteiger partial charge in [0, 0.05) is 0 Å². The first-order valence-corrected chi connectivity index (χ1v) is 7.70. The van der Waals surface area contributed by atoms with Crippen molar-refractivity contribution < 1.29 is 0 Å². The molecule has 0 radical (unpaired) electrons. The van der Waals surface area contributed by atoms with E-state index in [0.29, 0.717) is 11.8 Å². The number of hydrogen-bond donors (Lipinski definition) is 0. The molecule has 0 aromatic heterocycles. The van der Waals surface area contributed by atoms with Crippen molar-refractivity contribution in [3.05, 3.63) is 96.1 Å². The van der Waals surface area contributed by atoms with Gasteiger partial charge in [-0.3, -0.25) is 0 Å². The Morgan fingerprint density at radius 1 is 0.750 bits per heavy atom. The van der Waals surface area contributed by atoms with Crippen LogP contribution in [0.3, 0.4) is 0 Å². The zero-order valence-corrected chi connectivity index (χ0v) is 12.9. The van der Waals surface area contributed by atoms with Gasteiger partial charge in [-0.1, -0.05) is 0 Å². The fourth-order valence-electron chi connectivity index (χ4n) is 2.74. The molecule has 3 rings (SSSR count). The molecule has 2 aromatic carbocycles. The average molecular weight is 323 g/mol. The van der Waals surface area contributed by atoms with Crippen LogP contribution in [0.15, 0.2) is 85.0 Å². The molecule has 1 aliphatic rings. The number of hydrogen-bond acceptors (Lipinski definition) is 0. The van der Waals surface area contributed by atoms with E-state index in [1.807, 2.05) is 0 Å². The summed E-state index contributed by atoms with van der Waals surface area (Å²) in [6.07, 6.45) is 8.69. The summed E-state index contributed by atoms with van der Waals surface area (Å²) in [5.74, 6) is 0.736. The summed E-state index contributed by atoms with van der Waals surface area (Å²) in [7, 11) is 0. The Morgan fingerprint density at radius 3 is 1.80 bits per heavy atom. The van der Waals surface area contributed by atoms with Crippen molar-refractivity contribution >= 4 is 20.0 Å². The van der Waals surface area contributed by atoms with Crippen molar-refractivity contribution in [3.63, 3.8) is 0 Å². The van der Waals surface area contributed by atoms with Crippen molar-refractivity contribution in [2.45, 2.75) is 5.92 Å². The number of benzene rings is 2. The van der Waals surface area contributed by atoms with Gasteiger partial charge in [0.15, 0.2) is 0 Å². The first-order valence-electron chi connectivity index (χ1n) is 6.85. The van der Waals surface area contributed by atoms with Crippen molar-refractivity contribution in [2.24, 2.45) is 5.92 Å². The van der Waals surface area contributed by atoms with Gasteiger partial charge in [-0.15, -0.1) is 0 Å². The molecule has 1 atom stereocenters. The van der Waals surface area contributed by atoms with E-state index in [1.54, 1.807) is 0 Å². The molecule has 20 heavy (non-hydrogen) atoms. The summed E-state index contributed by atoms with van der Waals surface area (Å²) in [5.41, 5.74) is 2.72. The maximum absolute atomic E-state index is 3.23. The SMILES string of the molecule is [Se]=C1C=CC=CC1C(c1ccccc1)c1ccccc1. The molecule has 1 aliphatic carbocycles. The first-order chi connectivity index (χ1) is 9.86. The molecule has 0 fully saturated rings. The van der Waals surface area contributed by atoms with Crippen LogP contribution >= 0.6 is 0 Å². The predicted molar refractivity (Wildman–Crippen MR) is 87.3 cm³/mol. The number of allylic oxidation sites excluding steroid dienone is 4. The van der Waals surface area contributed by atoms with E-state index in [2.05, 4.69) is 101 Å². The molecule has 0 N–H and O–H groups in total. The Kier molecular flexibility index (Phi) is 4.11. The van der Waals surface area contributed by atoms with Crippen LogP contribution in [0.2, 0.25) is 0 Å². The molecular formula is C19H16Se. The molecule has 0 nitrogen and oxygen atoms in total. The average Bonchev–Trinajstić information content (AvgIpc) is 2.52. The Morgan fingerprint density at radius 2 is 1.30 bits per heavy atom. The zero-order valence-electron chi connectivity index (χ0n) is 11.1. The maximum atomic E-state index is 3.23. The van der Waals surface area contributed by atoms with Crippen LogP contribution in [0.5, 0.6) is 0 Å². The van der Waals surface area contributed by atoms with E-state index < -0.39 is 0 Å². The Hall–Kier alpha value is -1.69. The summed E-state index contributed by atoms with van der Waals surface area (Å²) in [6, 6.07) is 21.5. The predicted octanol–water partition coefficient (Wildman–Crippen LogP) is 3.90. The van der Waals surface area contributed by atoms with Crippen LogP contribution in [0, 0.1) is 5.92 Å². The summed E-state index contributed by atoms with van der Waals surface area (Å²) < 4.78 is 1.30. The third kappa shape index (κ3) is 2.75. The Balaban J connectivity index is 2.07. The zero-order chi connectivity index (χ0) is 13.8. The monoisotopic (exact) mass is 324 g/mol. The standard InChI is InChI=1S/C19H16Se/c20-18-14-8-7-13-17(18)19(15-9-3-1-4-10-15)16-11-5-2-6-12-16/h1-14,17,19H. The topological polar surface area (TPSA) is 0 Å². The fourth-order valence-corrected chi connectivity index (χ4v) is 3.36. The third-order valence-corrected chi connectivity index (χ3v) is 4.55. The van der Waals surface area contributed by atoms with Crippen molar-refractivity contribution in [1.29, 1.82) is 0 Å². The van der Waals surface area contributed by atoms with Gasteiger partial charge in [0.25, 0.3) is 0 Å². The van der Waals surface area contributed by atoms with E-state index in [4.69, 9.17) is 0 Å². The van der Waals surface area contributed by atoms with Gasteiger partial charge in [0.1, 0.15) is 0 Å². The molecule has 98 valence electrons.